The van der Waals surface area contributed by atoms with Gasteiger partial charge in [-0.25, -0.2) is 19.2 Å². The van der Waals surface area contributed by atoms with Gasteiger partial charge >= 0.3 is 24.1 Å². The van der Waals surface area contributed by atoms with Crippen LogP contribution in [0.5, 0.6) is 69.0 Å². The molecule has 24 nitrogen and oxygen atoms in total. The number of benzene rings is 8. The van der Waals surface area contributed by atoms with E-state index in [0.717, 1.165) is 43.1 Å². The third kappa shape index (κ3) is 6.25. The molecular formula is C66H68N8O16. The molecule has 0 aromatic heterocycles. The lowest BCUT2D eigenvalue weighted by Gasteiger charge is -2.52. The van der Waals surface area contributed by atoms with Gasteiger partial charge < -0.3 is 56.8 Å². The Hall–Kier alpha value is -10.00. The van der Waals surface area contributed by atoms with Crippen molar-refractivity contribution in [2.24, 2.45) is 0 Å². The summed E-state index contributed by atoms with van der Waals surface area (Å²) in [6, 6.07) is 13.4. The van der Waals surface area contributed by atoms with Gasteiger partial charge in [-0.3, -0.25) is 39.2 Å². The zero-order chi connectivity index (χ0) is 63.5. The van der Waals surface area contributed by atoms with Crippen LogP contribution in [-0.2, 0) is 26.2 Å². The van der Waals surface area contributed by atoms with Crippen molar-refractivity contribution < 1.29 is 76.0 Å². The van der Waals surface area contributed by atoms with E-state index in [1.165, 1.54) is 0 Å². The summed E-state index contributed by atoms with van der Waals surface area (Å²) in [7, 11) is 18.9. The molecule has 0 spiro atoms. The van der Waals surface area contributed by atoms with Crippen molar-refractivity contribution in [2.75, 3.05) is 98.7 Å². The summed E-state index contributed by atoms with van der Waals surface area (Å²) < 4.78 is 73.6. The Balaban J connectivity index is 0.924. The molecule has 0 bridgehead atoms. The normalized spacial score (nSPS) is 22.9. The second-order valence-corrected chi connectivity index (χ2v) is 24.1. The third-order valence-corrected chi connectivity index (χ3v) is 21.5. The smallest absolute Gasteiger partial charge is 0.325 e. The van der Waals surface area contributed by atoms with Gasteiger partial charge in [-0.2, -0.15) is 0 Å². The highest BCUT2D eigenvalue weighted by Crippen LogP contribution is 2.63. The van der Waals surface area contributed by atoms with Crippen LogP contribution in [0.2, 0.25) is 0 Å². The van der Waals surface area contributed by atoms with Crippen LogP contribution < -0.4 is 56.8 Å². The molecule has 8 amide bonds. The predicted octanol–water partition coefficient (Wildman–Crippen LogP) is 10.2. The Labute approximate surface area is 517 Å². The van der Waals surface area contributed by atoms with Crippen molar-refractivity contribution in [3.8, 4) is 69.0 Å². The Morgan fingerprint density at radius 2 is 0.422 bits per heavy atom. The number of fused-ring (bicyclic) bond motifs is 14. The summed E-state index contributed by atoms with van der Waals surface area (Å²) in [5.41, 5.74) is -3.57. The minimum atomic E-state index is -1.53. The average Bonchev–Trinajstić information content (AvgIpc) is 1.46. The highest BCUT2D eigenvalue weighted by molar-refractivity contribution is 6.31. The van der Waals surface area contributed by atoms with Crippen molar-refractivity contribution >= 4 is 88.8 Å². The summed E-state index contributed by atoms with van der Waals surface area (Å²) in [5.74, 6) is 5.58. The SMILES string of the molecule is COc1cc2c3cc(OC)c(OC)cc3c3c(OC)c4c(c(OC)c3c2cc1OC)CN1C(=O)N2CN3C(=O)N5Cc6c(c(OC)c7c8cc(OC)c(OC)cc8c8cc(OC)c(OC)cc8c7c6OC)CN6C(=O)N(CN7C(=O)N(C4)C1(C)C27C)C3(C)C56C. The van der Waals surface area contributed by atoms with Crippen molar-refractivity contribution in [1.82, 2.24) is 39.2 Å². The van der Waals surface area contributed by atoms with Gasteiger partial charge in [0, 0.05) is 43.8 Å². The molecule has 8 aromatic carbocycles. The lowest BCUT2D eigenvalue weighted by atomic mass is 9.88. The number of amides is 8. The monoisotopic (exact) mass is 1230 g/mol. The molecule has 0 unspecified atom stereocenters. The quantitative estimate of drug-likeness (QED) is 0.104. The standard InChI is InChI=1S/C66H68N8O16/c1-63-65(3)71-29-73-61(77)69-27-41-42(58(90-16)54-38-24-50(86-12)46(82-8)20-34(38)33-19-45(81-7)49(85-11)23-37(33)53(54)57(41)89-15)28-70-62(78)74(66(73,4)64(69,70)2)30-72(65)60(76)68(63)26-40-39(25-67(63)59(71)75)55(87-13)51-35-21-47(83-9)43(79-5)17-31(35)32-18-44(80-6)48(84-10)22-36(32)52(51)56(40)88-14/h17-24H,25-30H2,1-16H3. The van der Waals surface area contributed by atoms with Gasteiger partial charge in [0.05, 0.1) is 111 Å². The number of methoxy groups -OCH3 is 12. The molecule has 24 heteroatoms. The molecule has 468 valence electrons. The Bertz CT molecular complexity index is 4070. The van der Waals surface area contributed by atoms with Gasteiger partial charge in [0.1, 0.15) is 36.3 Å². The fraction of sp³-hybridized carbons (Fsp3) is 0.394. The number of rotatable bonds is 12. The third-order valence-electron chi connectivity index (χ3n) is 21.5. The summed E-state index contributed by atoms with van der Waals surface area (Å²) in [4.78, 5) is 78.2. The Morgan fingerprint density at radius 1 is 0.256 bits per heavy atom. The maximum absolute atomic E-state index is 16.2. The van der Waals surface area contributed by atoms with E-state index in [1.54, 1.807) is 125 Å². The summed E-state index contributed by atoms with van der Waals surface area (Å²) >= 11 is 0. The van der Waals surface area contributed by atoms with Gasteiger partial charge in [-0.05, 0) is 119 Å². The van der Waals surface area contributed by atoms with Gasteiger partial charge in [0.25, 0.3) is 0 Å². The molecule has 0 radical (unpaired) electrons. The first kappa shape index (κ1) is 56.5. The first-order valence-corrected chi connectivity index (χ1v) is 29.3. The number of carbonyl (C=O) groups is 4. The van der Waals surface area contributed by atoms with Crippen molar-refractivity contribution in [2.45, 2.75) is 76.5 Å². The van der Waals surface area contributed by atoms with Crippen LogP contribution in [-0.4, -0.2) is 185 Å². The molecule has 0 atom stereocenters. The van der Waals surface area contributed by atoms with Crippen LogP contribution in [0.1, 0.15) is 49.9 Å². The molecule has 7 aliphatic rings. The van der Waals surface area contributed by atoms with E-state index < -0.39 is 46.8 Å². The zero-order valence-corrected chi connectivity index (χ0v) is 53.0. The topological polar surface area (TPSA) is 205 Å². The molecular weight excluding hydrogens is 1160 g/mol. The van der Waals surface area contributed by atoms with Crippen LogP contribution in [0, 0.1) is 0 Å². The van der Waals surface area contributed by atoms with Crippen molar-refractivity contribution in [3.05, 3.63) is 70.8 Å². The van der Waals surface area contributed by atoms with Gasteiger partial charge in [-0.1, -0.05) is 0 Å². The molecule has 0 saturated carbocycles. The molecule has 5 saturated heterocycles. The zero-order valence-electron chi connectivity index (χ0n) is 53.0. The molecule has 15 rings (SSSR count). The molecule has 90 heavy (non-hydrogen) atoms. The highest BCUT2D eigenvalue weighted by atomic mass is 16.5. The van der Waals surface area contributed by atoms with Crippen molar-refractivity contribution in [1.29, 1.82) is 0 Å². The largest absolute Gasteiger partial charge is 0.496 e. The van der Waals surface area contributed by atoms with Gasteiger partial charge in [-0.15, -0.1) is 0 Å². The lowest BCUT2D eigenvalue weighted by molar-refractivity contribution is -0.125. The van der Waals surface area contributed by atoms with Crippen LogP contribution in [0.15, 0.2) is 48.5 Å². The predicted molar refractivity (Wildman–Crippen MR) is 331 cm³/mol. The number of carbonyl (C=O) groups excluding carboxylic acids is 4. The van der Waals surface area contributed by atoms with E-state index in [4.69, 9.17) is 56.8 Å². The van der Waals surface area contributed by atoms with Crippen LogP contribution in [0.25, 0.3) is 64.6 Å². The average molecular weight is 1230 g/mol. The van der Waals surface area contributed by atoms with Crippen LogP contribution in [0.4, 0.5) is 19.2 Å². The summed E-state index contributed by atoms with van der Waals surface area (Å²) in [5, 5.41) is 8.60. The molecule has 0 N–H and O–H groups in total. The first-order chi connectivity index (χ1) is 43.3. The molecule has 7 heterocycles. The number of hydrogen-bond acceptors (Lipinski definition) is 16. The van der Waals surface area contributed by atoms with E-state index >= 15 is 19.2 Å². The Morgan fingerprint density at radius 3 is 0.589 bits per heavy atom. The van der Waals surface area contributed by atoms with E-state index in [2.05, 4.69) is 0 Å². The number of ether oxygens (including phenoxy) is 12. The summed E-state index contributed by atoms with van der Waals surface area (Å²) in [6.07, 6.45) is 0. The number of hydrogen-bond donors (Lipinski definition) is 0. The number of nitrogens with zero attached hydrogens (tertiary/aromatic N) is 8. The minimum Gasteiger partial charge on any atom is -0.496 e. The second kappa shape index (κ2) is 18.8. The Kier molecular flexibility index (Phi) is 11.8. The fourth-order valence-electron chi connectivity index (χ4n) is 16.7. The second-order valence-electron chi connectivity index (χ2n) is 24.1. The lowest BCUT2D eigenvalue weighted by Crippen LogP contribution is -2.73. The molecule has 8 aromatic rings. The highest BCUT2D eigenvalue weighted by Gasteiger charge is 2.81. The van der Waals surface area contributed by atoms with Gasteiger partial charge in [0.15, 0.2) is 68.6 Å². The fourth-order valence-corrected chi connectivity index (χ4v) is 16.7. The van der Waals surface area contributed by atoms with E-state index in [9.17, 15) is 0 Å². The van der Waals surface area contributed by atoms with Gasteiger partial charge in [0.2, 0.25) is 0 Å². The summed E-state index contributed by atoms with van der Waals surface area (Å²) in [6.45, 7) is 6.56. The van der Waals surface area contributed by atoms with E-state index in [-0.39, 0.29) is 39.5 Å². The van der Waals surface area contributed by atoms with Crippen LogP contribution >= 0.6 is 0 Å². The van der Waals surface area contributed by atoms with E-state index in [1.807, 2.05) is 76.2 Å². The molecule has 7 aliphatic heterocycles. The van der Waals surface area contributed by atoms with E-state index in [0.29, 0.717) is 113 Å². The minimum absolute atomic E-state index is 0.0661. The first-order valence-electron chi connectivity index (χ1n) is 29.3. The van der Waals surface area contributed by atoms with Crippen LogP contribution in [0.3, 0.4) is 0 Å². The molecule has 5 fully saturated rings. The number of urea groups is 4. The molecule has 0 aliphatic carbocycles. The van der Waals surface area contributed by atoms with Crippen molar-refractivity contribution in [3.63, 3.8) is 0 Å². The maximum atomic E-state index is 16.2. The maximum Gasteiger partial charge on any atom is 0.325 e.